The number of hydrogen-bond donors (Lipinski definition) is 0. The van der Waals surface area contributed by atoms with Crippen LogP contribution in [0.15, 0.2) is 127 Å². The molecule has 0 bridgehead atoms. The molecule has 2 heterocycles. The summed E-state index contributed by atoms with van der Waals surface area (Å²) in [6.07, 6.45) is 0. The van der Waals surface area contributed by atoms with Gasteiger partial charge in [-0.05, 0) is 88.0 Å². The molecule has 0 fully saturated rings. The molecule has 0 spiro atoms. The van der Waals surface area contributed by atoms with E-state index >= 15 is 0 Å². The second kappa shape index (κ2) is 9.28. The van der Waals surface area contributed by atoms with Gasteiger partial charge in [0.05, 0.1) is 0 Å². The third-order valence-corrected chi connectivity index (χ3v) is 8.52. The highest BCUT2D eigenvalue weighted by molar-refractivity contribution is 6.98. The van der Waals surface area contributed by atoms with Gasteiger partial charge in [-0.2, -0.15) is 0 Å². The van der Waals surface area contributed by atoms with Crippen LogP contribution < -0.4 is 25.9 Å². The summed E-state index contributed by atoms with van der Waals surface area (Å²) in [7, 11) is 0. The van der Waals surface area contributed by atoms with E-state index < -0.39 is 0 Å². The Morgan fingerprint density at radius 3 is 1.59 bits per heavy atom. The van der Waals surface area contributed by atoms with Crippen molar-refractivity contribution >= 4 is 23.1 Å². The molecule has 0 saturated carbocycles. The predicted molar refractivity (Wildman–Crippen MR) is 170 cm³/mol. The van der Waals surface area contributed by atoms with Crippen LogP contribution in [0.2, 0.25) is 0 Å². The van der Waals surface area contributed by atoms with E-state index in [1.807, 2.05) is 6.07 Å². The predicted octanol–water partition coefficient (Wildman–Crippen LogP) is 8.03. The molecule has 6 aromatic carbocycles. The van der Waals surface area contributed by atoms with Gasteiger partial charge >= 0.3 is 0 Å². The Morgan fingerprint density at radius 2 is 0.976 bits per heavy atom. The first-order chi connectivity index (χ1) is 20.2. The smallest absolute Gasteiger partial charge is 0.260 e. The average molecular weight is 526 g/mol. The van der Waals surface area contributed by atoms with Crippen LogP contribution in [0, 0.1) is 13.8 Å². The van der Waals surface area contributed by atoms with Crippen molar-refractivity contribution < 1.29 is 9.47 Å². The van der Waals surface area contributed by atoms with Gasteiger partial charge in [0.15, 0.2) is 0 Å². The van der Waals surface area contributed by atoms with Crippen molar-refractivity contribution in [2.45, 2.75) is 13.8 Å². The molecule has 0 unspecified atom stereocenters. The van der Waals surface area contributed by atoms with Gasteiger partial charge < -0.3 is 9.47 Å². The number of benzene rings is 6. The van der Waals surface area contributed by atoms with Crippen molar-refractivity contribution in [2.24, 2.45) is 0 Å². The fourth-order valence-corrected chi connectivity index (χ4v) is 6.47. The summed E-state index contributed by atoms with van der Waals surface area (Å²) in [5, 5.41) is 0. The van der Waals surface area contributed by atoms with Crippen LogP contribution in [0.1, 0.15) is 11.1 Å². The summed E-state index contributed by atoms with van der Waals surface area (Å²) < 4.78 is 13.4. The van der Waals surface area contributed by atoms with Gasteiger partial charge in [0.2, 0.25) is 0 Å². The number of fused-ring (bicyclic) bond motifs is 4. The average Bonchev–Trinajstić information content (AvgIpc) is 3.01. The lowest BCUT2D eigenvalue weighted by atomic mass is 9.34. The quantitative estimate of drug-likeness (QED) is 0.217. The largest absolute Gasteiger partial charge is 0.458 e. The highest BCUT2D eigenvalue weighted by Gasteiger charge is 2.41. The van der Waals surface area contributed by atoms with Crippen molar-refractivity contribution in [2.75, 3.05) is 0 Å². The Kier molecular flexibility index (Phi) is 5.40. The van der Waals surface area contributed by atoms with Gasteiger partial charge in [0.1, 0.15) is 23.0 Å². The first-order valence-corrected chi connectivity index (χ1v) is 14.1. The van der Waals surface area contributed by atoms with Crippen molar-refractivity contribution in [3.63, 3.8) is 0 Å². The zero-order valence-corrected chi connectivity index (χ0v) is 23.0. The molecule has 6 aromatic rings. The Balaban J connectivity index is 1.39. The normalized spacial score (nSPS) is 12.5. The van der Waals surface area contributed by atoms with Crippen LogP contribution in [0.3, 0.4) is 0 Å². The lowest BCUT2D eigenvalue weighted by Crippen LogP contribution is -2.57. The Morgan fingerprint density at radius 1 is 0.439 bits per heavy atom. The van der Waals surface area contributed by atoms with Gasteiger partial charge in [-0.25, -0.2) is 0 Å². The Labute approximate surface area is 240 Å². The minimum absolute atomic E-state index is 0.0240. The molecule has 0 amide bonds. The van der Waals surface area contributed by atoms with Crippen LogP contribution in [0.4, 0.5) is 0 Å². The van der Waals surface area contributed by atoms with Crippen molar-refractivity contribution in [1.29, 1.82) is 0 Å². The number of hydrogen-bond acceptors (Lipinski definition) is 2. The fourth-order valence-electron chi connectivity index (χ4n) is 6.47. The molecule has 8 rings (SSSR count). The molecule has 2 nitrogen and oxygen atoms in total. The van der Waals surface area contributed by atoms with E-state index in [1.165, 1.54) is 33.4 Å². The molecule has 0 saturated heterocycles. The van der Waals surface area contributed by atoms with Crippen molar-refractivity contribution in [3.8, 4) is 56.4 Å². The first kappa shape index (κ1) is 23.8. The molecule has 194 valence electrons. The minimum atomic E-state index is -0.0240. The van der Waals surface area contributed by atoms with Crippen LogP contribution >= 0.6 is 0 Å². The highest BCUT2D eigenvalue weighted by atomic mass is 16.5. The van der Waals surface area contributed by atoms with Crippen LogP contribution in [-0.2, 0) is 0 Å². The monoisotopic (exact) mass is 526 g/mol. The number of ether oxygens (including phenoxy) is 2. The van der Waals surface area contributed by atoms with E-state index in [-0.39, 0.29) is 6.71 Å². The highest BCUT2D eigenvalue weighted by Crippen LogP contribution is 2.42. The molecule has 41 heavy (non-hydrogen) atoms. The molecule has 3 heteroatoms. The Hall–Kier alpha value is -5.02. The molecule has 0 N–H and O–H groups in total. The van der Waals surface area contributed by atoms with Gasteiger partial charge in [-0.15, -0.1) is 0 Å². The van der Waals surface area contributed by atoms with Gasteiger partial charge in [-0.1, -0.05) is 103 Å². The maximum Gasteiger partial charge on any atom is 0.260 e. The molecule has 0 aliphatic carbocycles. The van der Waals surface area contributed by atoms with E-state index in [0.29, 0.717) is 0 Å². The fraction of sp³-hybridized carbons (Fsp3) is 0.0526. The summed E-state index contributed by atoms with van der Waals surface area (Å²) in [6.45, 7) is 4.32. The summed E-state index contributed by atoms with van der Waals surface area (Å²) in [5.74, 6) is 3.52. The minimum Gasteiger partial charge on any atom is -0.458 e. The Bertz CT molecular complexity index is 1920. The zero-order valence-electron chi connectivity index (χ0n) is 23.0. The molecular weight excluding hydrogens is 499 g/mol. The third kappa shape index (κ3) is 3.81. The second-order valence-electron chi connectivity index (χ2n) is 11.0. The van der Waals surface area contributed by atoms with E-state index in [2.05, 4.69) is 135 Å². The molecule has 0 radical (unpaired) electrons. The zero-order chi connectivity index (χ0) is 27.5. The van der Waals surface area contributed by atoms with E-state index in [9.17, 15) is 0 Å². The maximum absolute atomic E-state index is 6.80. The van der Waals surface area contributed by atoms with E-state index in [0.717, 1.165) is 50.5 Å². The first-order valence-electron chi connectivity index (χ1n) is 14.1. The summed E-state index contributed by atoms with van der Waals surface area (Å²) in [6, 6.07) is 45.1. The van der Waals surface area contributed by atoms with Crippen molar-refractivity contribution in [3.05, 3.63) is 139 Å². The lowest BCUT2D eigenvalue weighted by Gasteiger charge is -2.34. The van der Waals surface area contributed by atoms with Gasteiger partial charge in [0, 0.05) is 11.0 Å². The van der Waals surface area contributed by atoms with Crippen LogP contribution in [-0.4, -0.2) is 6.71 Å². The third-order valence-electron chi connectivity index (χ3n) is 8.52. The van der Waals surface area contributed by atoms with Gasteiger partial charge in [0.25, 0.3) is 6.71 Å². The number of rotatable bonds is 3. The van der Waals surface area contributed by atoms with E-state index in [4.69, 9.17) is 9.47 Å². The van der Waals surface area contributed by atoms with E-state index in [1.54, 1.807) is 0 Å². The van der Waals surface area contributed by atoms with Crippen LogP contribution in [0.5, 0.6) is 23.0 Å². The molecule has 2 aliphatic heterocycles. The standard InChI is InChI=1S/C38H27BO2/c1-24-10-6-8-14-29(24)27-16-19-34-32(22-27)39-33-23-28(30-15-9-7-11-25(30)2)17-20-35(33)41-38-31(26-12-4-3-5-13-26)18-21-36(40-34)37(38)39/h3-23H,1-2H3. The number of aryl methyl sites for hydroxylation is 2. The summed E-state index contributed by atoms with van der Waals surface area (Å²) >= 11 is 0. The molecular formula is C38H27BO2. The molecule has 2 aliphatic rings. The summed E-state index contributed by atoms with van der Waals surface area (Å²) in [5.41, 5.74) is 13.0. The topological polar surface area (TPSA) is 18.5 Å². The molecule has 0 aromatic heterocycles. The van der Waals surface area contributed by atoms with Crippen molar-refractivity contribution in [1.82, 2.24) is 0 Å². The lowest BCUT2D eigenvalue weighted by molar-refractivity contribution is 0.465. The van der Waals surface area contributed by atoms with Gasteiger partial charge in [-0.3, -0.25) is 0 Å². The molecule has 0 atom stereocenters. The maximum atomic E-state index is 6.80. The summed E-state index contributed by atoms with van der Waals surface area (Å²) in [4.78, 5) is 0. The SMILES string of the molecule is Cc1ccccc1-c1ccc2c(c1)B1c3cc(-c4ccccc4C)ccc3Oc3c(-c4ccccc4)ccc(c31)O2. The second-order valence-corrected chi connectivity index (χ2v) is 11.0. The van der Waals surface area contributed by atoms with Crippen LogP contribution in [0.25, 0.3) is 33.4 Å².